The number of esters is 1. The van der Waals surface area contributed by atoms with Gasteiger partial charge in [-0.05, 0) is 35.9 Å². The molecule has 4 nitrogen and oxygen atoms in total. The van der Waals surface area contributed by atoms with Crippen LogP contribution < -0.4 is 5.32 Å². The van der Waals surface area contributed by atoms with Crippen LogP contribution in [0, 0.1) is 0 Å². The minimum absolute atomic E-state index is 0.360. The molecule has 0 aliphatic rings. The number of hydrogen-bond acceptors (Lipinski definition) is 4. The maximum Gasteiger partial charge on any atom is 0.349 e. The molecule has 1 atom stereocenters. The SMILES string of the molecule is C[C@H](OC(=O)c1cc2ccccc2s1)C(=O)Nc1cccc2ccccc12. The maximum atomic E-state index is 12.5. The molecule has 4 aromatic rings. The lowest BCUT2D eigenvalue weighted by atomic mass is 10.1. The van der Waals surface area contributed by atoms with Crippen LogP contribution in [0.2, 0.25) is 0 Å². The number of carbonyl (C=O) groups excluding carboxylic acids is 2. The smallest absolute Gasteiger partial charge is 0.349 e. The van der Waals surface area contributed by atoms with E-state index in [1.54, 1.807) is 13.0 Å². The summed E-state index contributed by atoms with van der Waals surface area (Å²) in [5.74, 6) is -0.849. The van der Waals surface area contributed by atoms with Crippen molar-refractivity contribution >= 4 is 49.8 Å². The van der Waals surface area contributed by atoms with Gasteiger partial charge in [0.25, 0.3) is 5.91 Å². The van der Waals surface area contributed by atoms with E-state index in [4.69, 9.17) is 4.74 Å². The van der Waals surface area contributed by atoms with Crippen LogP contribution in [0.4, 0.5) is 5.69 Å². The predicted molar refractivity (Wildman–Crippen MR) is 109 cm³/mol. The van der Waals surface area contributed by atoms with Crippen LogP contribution in [0.3, 0.4) is 0 Å². The molecule has 1 amide bonds. The molecule has 4 rings (SSSR count). The molecule has 1 aromatic heterocycles. The molecule has 0 saturated carbocycles. The van der Waals surface area contributed by atoms with E-state index in [0.717, 1.165) is 20.9 Å². The standard InChI is InChI=1S/C22H17NO3S/c1-14(26-22(25)20-13-16-8-3-5-12-19(16)27-20)21(24)23-18-11-6-9-15-7-2-4-10-17(15)18/h2-14H,1H3,(H,23,24)/t14-/m0/s1. The largest absolute Gasteiger partial charge is 0.448 e. The fourth-order valence-electron chi connectivity index (χ4n) is 2.92. The first kappa shape index (κ1) is 17.2. The second kappa shape index (κ2) is 7.21. The average Bonchev–Trinajstić information content (AvgIpc) is 3.12. The first-order chi connectivity index (χ1) is 13.1. The first-order valence-electron chi connectivity index (χ1n) is 8.60. The maximum absolute atomic E-state index is 12.5. The molecule has 134 valence electrons. The zero-order chi connectivity index (χ0) is 18.8. The molecule has 0 fully saturated rings. The lowest BCUT2D eigenvalue weighted by Crippen LogP contribution is -2.29. The second-order valence-corrected chi connectivity index (χ2v) is 7.30. The topological polar surface area (TPSA) is 55.4 Å². The third-order valence-electron chi connectivity index (χ3n) is 4.33. The lowest BCUT2D eigenvalue weighted by Gasteiger charge is -2.14. The minimum atomic E-state index is -0.901. The molecular formula is C22H17NO3S. The zero-order valence-electron chi connectivity index (χ0n) is 14.6. The number of thiophene rings is 1. The Morgan fingerprint density at radius 3 is 2.44 bits per heavy atom. The Bertz CT molecular complexity index is 1110. The van der Waals surface area contributed by atoms with Crippen LogP contribution in [0.5, 0.6) is 0 Å². The van der Waals surface area contributed by atoms with Gasteiger partial charge in [-0.25, -0.2) is 4.79 Å². The van der Waals surface area contributed by atoms with Gasteiger partial charge in [0, 0.05) is 15.8 Å². The van der Waals surface area contributed by atoms with Crippen molar-refractivity contribution in [2.45, 2.75) is 13.0 Å². The fraction of sp³-hybridized carbons (Fsp3) is 0.0909. The monoisotopic (exact) mass is 375 g/mol. The van der Waals surface area contributed by atoms with Gasteiger partial charge in [0.1, 0.15) is 4.88 Å². The van der Waals surface area contributed by atoms with Crippen molar-refractivity contribution in [3.8, 4) is 0 Å². The van der Waals surface area contributed by atoms with Gasteiger partial charge < -0.3 is 10.1 Å². The third-order valence-corrected chi connectivity index (χ3v) is 5.42. The highest BCUT2D eigenvalue weighted by molar-refractivity contribution is 7.20. The zero-order valence-corrected chi connectivity index (χ0v) is 15.5. The molecule has 0 unspecified atom stereocenters. The molecule has 27 heavy (non-hydrogen) atoms. The average molecular weight is 375 g/mol. The summed E-state index contributed by atoms with van der Waals surface area (Å²) in [6, 6.07) is 23.0. The van der Waals surface area contributed by atoms with Crippen LogP contribution in [-0.4, -0.2) is 18.0 Å². The van der Waals surface area contributed by atoms with Gasteiger partial charge in [-0.1, -0.05) is 54.6 Å². The van der Waals surface area contributed by atoms with Gasteiger partial charge in [0.05, 0.1) is 0 Å². The minimum Gasteiger partial charge on any atom is -0.448 e. The Morgan fingerprint density at radius 2 is 1.63 bits per heavy atom. The lowest BCUT2D eigenvalue weighted by molar-refractivity contribution is -0.123. The van der Waals surface area contributed by atoms with Crippen LogP contribution in [0.15, 0.2) is 72.8 Å². The molecule has 0 aliphatic heterocycles. The van der Waals surface area contributed by atoms with Crippen LogP contribution in [0.25, 0.3) is 20.9 Å². The van der Waals surface area contributed by atoms with Crippen molar-refractivity contribution in [3.63, 3.8) is 0 Å². The Balaban J connectivity index is 1.48. The third kappa shape index (κ3) is 3.55. The number of carbonyl (C=O) groups is 2. The Morgan fingerprint density at radius 1 is 0.926 bits per heavy atom. The first-order valence-corrected chi connectivity index (χ1v) is 9.41. The Kier molecular flexibility index (Phi) is 4.60. The summed E-state index contributed by atoms with van der Waals surface area (Å²) in [6.45, 7) is 1.58. The van der Waals surface area contributed by atoms with Crippen molar-refractivity contribution in [2.75, 3.05) is 5.32 Å². The Hall–Kier alpha value is -3.18. The summed E-state index contributed by atoms with van der Waals surface area (Å²) in [5, 5.41) is 5.82. The van der Waals surface area contributed by atoms with E-state index in [9.17, 15) is 9.59 Å². The van der Waals surface area contributed by atoms with E-state index in [-0.39, 0.29) is 5.91 Å². The number of fused-ring (bicyclic) bond motifs is 2. The van der Waals surface area contributed by atoms with Crippen molar-refractivity contribution in [2.24, 2.45) is 0 Å². The number of nitrogens with one attached hydrogen (secondary N) is 1. The molecule has 0 spiro atoms. The van der Waals surface area contributed by atoms with E-state index in [2.05, 4.69) is 5.32 Å². The number of hydrogen-bond donors (Lipinski definition) is 1. The Labute approximate surface area is 160 Å². The number of anilines is 1. The van der Waals surface area contributed by atoms with Crippen molar-refractivity contribution in [3.05, 3.63) is 77.7 Å². The molecule has 1 heterocycles. The van der Waals surface area contributed by atoms with Crippen LogP contribution >= 0.6 is 11.3 Å². The van der Waals surface area contributed by atoms with Gasteiger partial charge >= 0.3 is 5.97 Å². The summed E-state index contributed by atoms with van der Waals surface area (Å²) < 4.78 is 6.38. The van der Waals surface area contributed by atoms with E-state index >= 15 is 0 Å². The van der Waals surface area contributed by atoms with E-state index < -0.39 is 12.1 Å². The molecule has 0 aliphatic carbocycles. The van der Waals surface area contributed by atoms with Crippen molar-refractivity contribution in [1.82, 2.24) is 0 Å². The predicted octanol–water partition coefficient (Wildman–Crippen LogP) is 5.24. The number of rotatable bonds is 4. The molecule has 0 bridgehead atoms. The van der Waals surface area contributed by atoms with Crippen molar-refractivity contribution < 1.29 is 14.3 Å². The van der Waals surface area contributed by atoms with E-state index in [1.807, 2.05) is 66.7 Å². The summed E-state index contributed by atoms with van der Waals surface area (Å²) in [7, 11) is 0. The number of benzene rings is 3. The van der Waals surface area contributed by atoms with Crippen LogP contribution in [-0.2, 0) is 9.53 Å². The molecule has 3 aromatic carbocycles. The number of ether oxygens (including phenoxy) is 1. The van der Waals surface area contributed by atoms with E-state index in [1.165, 1.54) is 11.3 Å². The quantitative estimate of drug-likeness (QED) is 0.496. The number of amides is 1. The highest BCUT2D eigenvalue weighted by Crippen LogP contribution is 2.26. The van der Waals surface area contributed by atoms with Gasteiger partial charge in [0.2, 0.25) is 0 Å². The van der Waals surface area contributed by atoms with Gasteiger partial charge in [-0.15, -0.1) is 11.3 Å². The molecule has 5 heteroatoms. The van der Waals surface area contributed by atoms with Gasteiger partial charge in [-0.2, -0.15) is 0 Å². The molecular weight excluding hydrogens is 358 g/mol. The summed E-state index contributed by atoms with van der Waals surface area (Å²) in [5.41, 5.74) is 0.697. The van der Waals surface area contributed by atoms with Gasteiger partial charge in [-0.3, -0.25) is 4.79 Å². The fourth-order valence-corrected chi connectivity index (χ4v) is 3.87. The summed E-state index contributed by atoms with van der Waals surface area (Å²) in [4.78, 5) is 25.4. The highest BCUT2D eigenvalue weighted by atomic mass is 32.1. The molecule has 1 N–H and O–H groups in total. The van der Waals surface area contributed by atoms with Crippen LogP contribution in [0.1, 0.15) is 16.6 Å². The highest BCUT2D eigenvalue weighted by Gasteiger charge is 2.21. The second-order valence-electron chi connectivity index (χ2n) is 6.21. The summed E-state index contributed by atoms with van der Waals surface area (Å²) in [6.07, 6.45) is -0.901. The normalized spacial score (nSPS) is 12.0. The van der Waals surface area contributed by atoms with E-state index in [0.29, 0.717) is 10.6 Å². The summed E-state index contributed by atoms with van der Waals surface area (Å²) >= 11 is 1.36. The molecule has 0 radical (unpaired) electrons. The van der Waals surface area contributed by atoms with Crippen molar-refractivity contribution in [1.29, 1.82) is 0 Å². The van der Waals surface area contributed by atoms with Gasteiger partial charge in [0.15, 0.2) is 6.10 Å². The molecule has 0 saturated heterocycles.